The van der Waals surface area contributed by atoms with E-state index in [9.17, 15) is 4.79 Å². The molecular weight excluding hydrogens is 468 g/mol. The van der Waals surface area contributed by atoms with Crippen molar-refractivity contribution in [2.75, 3.05) is 56.9 Å². The molecule has 2 aromatic carbocycles. The summed E-state index contributed by atoms with van der Waals surface area (Å²) in [6, 6.07) is 13.5. The third-order valence-electron chi connectivity index (χ3n) is 5.96. The molecule has 0 radical (unpaired) electrons. The number of hydrogen-bond acceptors (Lipinski definition) is 8. The first-order valence-electron chi connectivity index (χ1n) is 11.8. The van der Waals surface area contributed by atoms with Gasteiger partial charge in [-0.3, -0.25) is 9.48 Å². The third-order valence-corrected chi connectivity index (χ3v) is 5.96. The van der Waals surface area contributed by atoms with E-state index in [0.29, 0.717) is 28.8 Å². The van der Waals surface area contributed by atoms with Crippen LogP contribution in [0, 0.1) is 0 Å². The van der Waals surface area contributed by atoms with Crippen molar-refractivity contribution >= 4 is 39.8 Å². The van der Waals surface area contributed by atoms with Crippen LogP contribution in [-0.2, 0) is 11.8 Å². The molecule has 10 nitrogen and oxygen atoms in total. The average Bonchev–Trinajstić information content (AvgIpc) is 3.24. The first kappa shape index (κ1) is 25.6. The first-order chi connectivity index (χ1) is 17.8. The van der Waals surface area contributed by atoms with Crippen LogP contribution in [0.4, 0.5) is 23.0 Å². The number of ether oxygens (including phenoxy) is 1. The van der Waals surface area contributed by atoms with Gasteiger partial charge in [0, 0.05) is 44.8 Å². The van der Waals surface area contributed by atoms with Gasteiger partial charge >= 0.3 is 0 Å². The fraction of sp³-hybridized carbons (Fsp3) is 0.259. The molecule has 192 valence electrons. The highest BCUT2D eigenvalue weighted by Crippen LogP contribution is 2.38. The number of benzene rings is 2. The van der Waals surface area contributed by atoms with Crippen LogP contribution >= 0.6 is 0 Å². The highest BCUT2D eigenvalue weighted by molar-refractivity contribution is 6.02. The lowest BCUT2D eigenvalue weighted by Gasteiger charge is -2.26. The number of rotatable bonds is 10. The van der Waals surface area contributed by atoms with Gasteiger partial charge in [-0.1, -0.05) is 24.8 Å². The van der Waals surface area contributed by atoms with Gasteiger partial charge in [0.05, 0.1) is 35.4 Å². The molecule has 0 aliphatic heterocycles. The Bertz CT molecular complexity index is 1430. The zero-order valence-electron chi connectivity index (χ0n) is 21.8. The summed E-state index contributed by atoms with van der Waals surface area (Å²) in [5, 5.41) is 11.8. The van der Waals surface area contributed by atoms with E-state index in [-0.39, 0.29) is 5.91 Å². The van der Waals surface area contributed by atoms with Gasteiger partial charge < -0.3 is 25.2 Å². The monoisotopic (exact) mass is 500 g/mol. The summed E-state index contributed by atoms with van der Waals surface area (Å²) in [6.45, 7) is 5.17. The van der Waals surface area contributed by atoms with Crippen molar-refractivity contribution in [1.82, 2.24) is 24.6 Å². The Morgan fingerprint density at radius 3 is 2.65 bits per heavy atom. The number of hydrogen-bond donors (Lipinski definition) is 2. The molecule has 1 amide bonds. The Hall–Kier alpha value is -4.44. The van der Waals surface area contributed by atoms with Crippen LogP contribution in [0.2, 0.25) is 0 Å². The van der Waals surface area contributed by atoms with Crippen LogP contribution in [0.25, 0.3) is 22.3 Å². The Morgan fingerprint density at radius 1 is 1.14 bits per heavy atom. The number of aromatic nitrogens is 4. The second-order valence-corrected chi connectivity index (χ2v) is 8.87. The van der Waals surface area contributed by atoms with E-state index in [2.05, 4.69) is 37.1 Å². The van der Waals surface area contributed by atoms with Crippen molar-refractivity contribution in [3.63, 3.8) is 0 Å². The largest absolute Gasteiger partial charge is 0.494 e. The standard InChI is InChI=1S/C27H32N8O2/c1-7-25(36)29-20-16-21(24(37-6)17-23(20)34(4)15-14-33(2)3)31-27-28-13-12-19(30-27)26-18-10-8-9-11-22(18)35(5)32-26/h7-13,16-17H,1,14-15H2,2-6H3,(H,29,36)(H,28,30,31). The number of amides is 1. The number of nitrogens with one attached hydrogen (secondary N) is 2. The van der Waals surface area contributed by atoms with E-state index in [1.54, 1.807) is 13.3 Å². The van der Waals surface area contributed by atoms with Crippen LogP contribution in [0.3, 0.4) is 0 Å². The highest BCUT2D eigenvalue weighted by atomic mass is 16.5. The summed E-state index contributed by atoms with van der Waals surface area (Å²) in [6.07, 6.45) is 2.93. The molecule has 0 saturated heterocycles. The van der Waals surface area contributed by atoms with Crippen molar-refractivity contribution in [3.8, 4) is 17.1 Å². The number of anilines is 4. The molecular formula is C27H32N8O2. The molecule has 0 bridgehead atoms. The van der Waals surface area contributed by atoms with Crippen molar-refractivity contribution in [2.24, 2.45) is 7.05 Å². The zero-order chi connectivity index (χ0) is 26.5. The number of fused-ring (bicyclic) bond motifs is 1. The molecule has 0 fully saturated rings. The van der Waals surface area contributed by atoms with E-state index in [4.69, 9.17) is 9.72 Å². The molecule has 10 heteroatoms. The van der Waals surface area contributed by atoms with Crippen LogP contribution in [-0.4, -0.2) is 71.9 Å². The Morgan fingerprint density at radius 2 is 1.92 bits per heavy atom. The topological polar surface area (TPSA) is 100 Å². The molecule has 2 heterocycles. The molecule has 0 aliphatic rings. The number of nitrogens with zero attached hydrogens (tertiary/aromatic N) is 6. The van der Waals surface area contributed by atoms with Gasteiger partial charge in [-0.2, -0.15) is 5.10 Å². The number of likely N-dealkylation sites (N-methyl/N-ethyl adjacent to an activating group) is 2. The van der Waals surface area contributed by atoms with E-state index < -0.39 is 0 Å². The maximum atomic E-state index is 12.2. The molecule has 0 unspecified atom stereocenters. The molecule has 0 spiro atoms. The van der Waals surface area contributed by atoms with Crippen LogP contribution in [0.15, 0.2) is 61.3 Å². The molecule has 37 heavy (non-hydrogen) atoms. The molecule has 2 aromatic heterocycles. The van der Waals surface area contributed by atoms with Crippen molar-refractivity contribution in [1.29, 1.82) is 0 Å². The van der Waals surface area contributed by atoms with Gasteiger partial charge in [-0.05, 0) is 38.4 Å². The minimum absolute atomic E-state index is 0.307. The predicted octanol–water partition coefficient (Wildman–Crippen LogP) is 3.90. The molecule has 0 atom stereocenters. The van der Waals surface area contributed by atoms with Gasteiger partial charge in [0.15, 0.2) is 0 Å². The number of carbonyl (C=O) groups is 1. The molecule has 4 rings (SSSR count). The van der Waals surface area contributed by atoms with Crippen LogP contribution in [0.5, 0.6) is 5.75 Å². The fourth-order valence-corrected chi connectivity index (χ4v) is 3.98. The lowest BCUT2D eigenvalue weighted by atomic mass is 10.1. The van der Waals surface area contributed by atoms with Gasteiger partial charge in [0.2, 0.25) is 11.9 Å². The quantitative estimate of drug-likeness (QED) is 0.316. The molecule has 4 aromatic rings. The Kier molecular flexibility index (Phi) is 7.69. The van der Waals surface area contributed by atoms with Crippen molar-refractivity contribution < 1.29 is 9.53 Å². The summed E-state index contributed by atoms with van der Waals surface area (Å²) >= 11 is 0. The summed E-state index contributed by atoms with van der Waals surface area (Å²) in [4.78, 5) is 25.5. The van der Waals surface area contributed by atoms with Crippen LogP contribution < -0.4 is 20.3 Å². The van der Waals surface area contributed by atoms with E-state index in [0.717, 1.165) is 35.4 Å². The average molecular weight is 501 g/mol. The molecule has 2 N–H and O–H groups in total. The third kappa shape index (κ3) is 5.70. The lowest BCUT2D eigenvalue weighted by Crippen LogP contribution is -2.29. The van der Waals surface area contributed by atoms with Crippen molar-refractivity contribution in [2.45, 2.75) is 0 Å². The highest BCUT2D eigenvalue weighted by Gasteiger charge is 2.17. The number of para-hydroxylation sites is 1. The summed E-state index contributed by atoms with van der Waals surface area (Å²) in [7, 11) is 9.52. The second-order valence-electron chi connectivity index (χ2n) is 8.87. The molecule has 0 aliphatic carbocycles. The minimum Gasteiger partial charge on any atom is -0.494 e. The second kappa shape index (κ2) is 11.1. The van der Waals surface area contributed by atoms with E-state index in [1.807, 2.05) is 75.3 Å². The van der Waals surface area contributed by atoms with E-state index >= 15 is 0 Å². The van der Waals surface area contributed by atoms with E-state index in [1.165, 1.54) is 6.08 Å². The number of carbonyl (C=O) groups excluding carboxylic acids is 1. The van der Waals surface area contributed by atoms with Gasteiger partial charge in [0.25, 0.3) is 0 Å². The number of methoxy groups -OCH3 is 1. The maximum absolute atomic E-state index is 12.2. The summed E-state index contributed by atoms with van der Waals surface area (Å²) in [5.41, 5.74) is 4.51. The predicted molar refractivity (Wildman–Crippen MR) is 149 cm³/mol. The number of aryl methyl sites for hydroxylation is 1. The Labute approximate surface area is 216 Å². The van der Waals surface area contributed by atoms with Crippen molar-refractivity contribution in [3.05, 3.63) is 61.3 Å². The minimum atomic E-state index is -0.307. The van der Waals surface area contributed by atoms with Gasteiger partial charge in [-0.25, -0.2) is 9.97 Å². The van der Waals surface area contributed by atoms with Gasteiger partial charge in [0.1, 0.15) is 11.4 Å². The summed E-state index contributed by atoms with van der Waals surface area (Å²) in [5.74, 6) is 0.652. The van der Waals surface area contributed by atoms with Gasteiger partial charge in [-0.15, -0.1) is 0 Å². The Balaban J connectivity index is 1.71. The first-order valence-corrected chi connectivity index (χ1v) is 11.8. The van der Waals surface area contributed by atoms with Crippen LogP contribution in [0.1, 0.15) is 0 Å². The SMILES string of the molecule is C=CC(=O)Nc1cc(Nc2nccc(-c3nn(C)c4ccccc34)n2)c(OC)cc1N(C)CCN(C)C. The molecule has 0 saturated carbocycles. The summed E-state index contributed by atoms with van der Waals surface area (Å²) < 4.78 is 7.53. The smallest absolute Gasteiger partial charge is 0.247 e. The lowest BCUT2D eigenvalue weighted by molar-refractivity contribution is -0.111. The zero-order valence-corrected chi connectivity index (χ0v) is 21.8. The normalized spacial score (nSPS) is 11.0. The maximum Gasteiger partial charge on any atom is 0.247 e. The fourth-order valence-electron chi connectivity index (χ4n) is 3.98.